The fraction of sp³-hybridized carbons (Fsp3) is 0.0909. The summed E-state index contributed by atoms with van der Waals surface area (Å²) in [5.41, 5.74) is 8.97. The maximum atomic E-state index is 14.0. The van der Waals surface area contributed by atoms with Crippen LogP contribution in [-0.4, -0.2) is 9.97 Å². The quantitative estimate of drug-likeness (QED) is 0.549. The number of halogens is 1. The Morgan fingerprint density at radius 2 is 1.70 bits per heavy atom. The molecule has 4 aromatic rings. The van der Waals surface area contributed by atoms with E-state index in [0.29, 0.717) is 17.1 Å². The minimum Gasteiger partial charge on any atom is -0.340 e. The first-order valence-electron chi connectivity index (χ1n) is 8.75. The van der Waals surface area contributed by atoms with Gasteiger partial charge in [-0.25, -0.2) is 9.37 Å². The predicted octanol–water partition coefficient (Wildman–Crippen LogP) is 4.56. The summed E-state index contributed by atoms with van der Waals surface area (Å²) in [6.45, 7) is 0.178. The molecule has 3 N–H and O–H groups in total. The molecule has 0 spiro atoms. The number of hydrogen-bond donors (Lipinski definition) is 2. The van der Waals surface area contributed by atoms with Gasteiger partial charge in [-0.1, -0.05) is 30.3 Å². The molecule has 4 rings (SSSR count). The zero-order chi connectivity index (χ0) is 18.6. The standard InChI is InChI=1S/C22H19FN4/c23-21-12-18(6-5-16(21)13-24)27-22-20-4-2-1-3-19(20)17(14-26-22)11-15-7-9-25-10-8-15/h1-10,12,14H,11,13,24H2,(H,26,27). The molecular formula is C22H19FN4. The molecule has 0 saturated carbocycles. The van der Waals surface area contributed by atoms with Crippen molar-refractivity contribution in [2.75, 3.05) is 5.32 Å². The molecule has 5 heteroatoms. The van der Waals surface area contributed by atoms with Crippen LogP contribution < -0.4 is 11.1 Å². The Bertz CT molecular complexity index is 1080. The van der Waals surface area contributed by atoms with Gasteiger partial charge < -0.3 is 11.1 Å². The predicted molar refractivity (Wildman–Crippen MR) is 106 cm³/mol. The van der Waals surface area contributed by atoms with Crippen LogP contribution in [0.5, 0.6) is 0 Å². The fourth-order valence-corrected chi connectivity index (χ4v) is 3.14. The van der Waals surface area contributed by atoms with Crippen LogP contribution in [0.2, 0.25) is 0 Å². The molecule has 134 valence electrons. The van der Waals surface area contributed by atoms with Crippen molar-refractivity contribution in [2.45, 2.75) is 13.0 Å². The average molecular weight is 358 g/mol. The third-order valence-corrected chi connectivity index (χ3v) is 4.56. The molecule has 0 aliphatic heterocycles. The smallest absolute Gasteiger partial charge is 0.138 e. The first-order valence-corrected chi connectivity index (χ1v) is 8.75. The molecule has 0 saturated heterocycles. The van der Waals surface area contributed by atoms with Crippen molar-refractivity contribution in [3.8, 4) is 0 Å². The van der Waals surface area contributed by atoms with Crippen LogP contribution >= 0.6 is 0 Å². The van der Waals surface area contributed by atoms with Gasteiger partial charge in [0.15, 0.2) is 0 Å². The lowest BCUT2D eigenvalue weighted by molar-refractivity contribution is 0.611. The number of fused-ring (bicyclic) bond motifs is 1. The highest BCUT2D eigenvalue weighted by Gasteiger charge is 2.09. The van der Waals surface area contributed by atoms with E-state index < -0.39 is 0 Å². The summed E-state index contributed by atoms with van der Waals surface area (Å²) >= 11 is 0. The summed E-state index contributed by atoms with van der Waals surface area (Å²) in [5.74, 6) is 0.380. The van der Waals surface area contributed by atoms with E-state index in [1.807, 2.05) is 42.6 Å². The van der Waals surface area contributed by atoms with Crippen molar-refractivity contribution in [2.24, 2.45) is 5.73 Å². The van der Waals surface area contributed by atoms with Crippen molar-refractivity contribution in [1.82, 2.24) is 9.97 Å². The minimum atomic E-state index is -0.318. The van der Waals surface area contributed by atoms with Crippen LogP contribution in [0.25, 0.3) is 10.8 Å². The average Bonchev–Trinajstić information content (AvgIpc) is 2.71. The number of nitrogens with one attached hydrogen (secondary N) is 1. The monoisotopic (exact) mass is 358 g/mol. The van der Waals surface area contributed by atoms with E-state index >= 15 is 0 Å². The highest BCUT2D eigenvalue weighted by atomic mass is 19.1. The minimum absolute atomic E-state index is 0.178. The largest absolute Gasteiger partial charge is 0.340 e. The molecule has 0 radical (unpaired) electrons. The second kappa shape index (κ2) is 7.51. The highest BCUT2D eigenvalue weighted by molar-refractivity contribution is 5.95. The zero-order valence-electron chi connectivity index (χ0n) is 14.7. The third-order valence-electron chi connectivity index (χ3n) is 4.56. The molecule has 0 aliphatic carbocycles. The van der Waals surface area contributed by atoms with Gasteiger partial charge in [0.05, 0.1) is 0 Å². The van der Waals surface area contributed by atoms with E-state index in [9.17, 15) is 4.39 Å². The van der Waals surface area contributed by atoms with Crippen molar-refractivity contribution < 1.29 is 4.39 Å². The van der Waals surface area contributed by atoms with Gasteiger partial charge in [0, 0.05) is 41.8 Å². The molecule has 4 nitrogen and oxygen atoms in total. The highest BCUT2D eigenvalue weighted by Crippen LogP contribution is 2.28. The number of aromatic nitrogens is 2. The van der Waals surface area contributed by atoms with Crippen LogP contribution in [0, 0.1) is 5.82 Å². The van der Waals surface area contributed by atoms with E-state index in [1.165, 1.54) is 11.6 Å². The number of hydrogen-bond acceptors (Lipinski definition) is 4. The molecule has 0 amide bonds. The molecule has 2 heterocycles. The first-order chi connectivity index (χ1) is 13.2. The number of anilines is 2. The van der Waals surface area contributed by atoms with Crippen LogP contribution in [0.4, 0.5) is 15.9 Å². The molecule has 0 unspecified atom stereocenters. The van der Waals surface area contributed by atoms with Gasteiger partial charge in [-0.15, -0.1) is 0 Å². The van der Waals surface area contributed by atoms with Gasteiger partial charge in [-0.2, -0.15) is 0 Å². The Kier molecular flexibility index (Phi) is 4.77. The number of pyridine rings is 2. The van der Waals surface area contributed by atoms with Crippen molar-refractivity contribution in [3.63, 3.8) is 0 Å². The lowest BCUT2D eigenvalue weighted by atomic mass is 10.0. The van der Waals surface area contributed by atoms with Crippen LogP contribution in [-0.2, 0) is 13.0 Å². The van der Waals surface area contributed by atoms with Gasteiger partial charge >= 0.3 is 0 Å². The lowest BCUT2D eigenvalue weighted by Crippen LogP contribution is -2.02. The van der Waals surface area contributed by atoms with Gasteiger partial charge in [0.2, 0.25) is 0 Å². The SMILES string of the molecule is NCc1ccc(Nc2ncc(Cc3ccncc3)c3ccccc23)cc1F. The second-order valence-corrected chi connectivity index (χ2v) is 6.35. The topological polar surface area (TPSA) is 63.8 Å². The molecule has 0 fully saturated rings. The Hall–Kier alpha value is -3.31. The van der Waals surface area contributed by atoms with Gasteiger partial charge in [-0.3, -0.25) is 4.98 Å². The summed E-state index contributed by atoms with van der Waals surface area (Å²) in [6, 6.07) is 17.0. The number of rotatable bonds is 5. The molecule has 2 aromatic heterocycles. The molecule has 0 aliphatic rings. The summed E-state index contributed by atoms with van der Waals surface area (Å²) in [5, 5.41) is 5.34. The van der Waals surface area contributed by atoms with E-state index in [1.54, 1.807) is 18.5 Å². The molecular weight excluding hydrogens is 339 g/mol. The van der Waals surface area contributed by atoms with Crippen LogP contribution in [0.1, 0.15) is 16.7 Å². The maximum absolute atomic E-state index is 14.0. The second-order valence-electron chi connectivity index (χ2n) is 6.35. The Morgan fingerprint density at radius 3 is 2.44 bits per heavy atom. The van der Waals surface area contributed by atoms with Gasteiger partial charge in [0.25, 0.3) is 0 Å². The first kappa shape index (κ1) is 17.1. The Labute approximate surface area is 156 Å². The Balaban J connectivity index is 1.70. The lowest BCUT2D eigenvalue weighted by Gasteiger charge is -2.13. The Morgan fingerprint density at radius 1 is 0.926 bits per heavy atom. The van der Waals surface area contributed by atoms with E-state index in [2.05, 4.69) is 21.4 Å². The maximum Gasteiger partial charge on any atom is 0.138 e. The van der Waals surface area contributed by atoms with E-state index in [-0.39, 0.29) is 12.4 Å². The molecule has 0 bridgehead atoms. The summed E-state index contributed by atoms with van der Waals surface area (Å²) < 4.78 is 14.0. The van der Waals surface area contributed by atoms with Crippen molar-refractivity contribution in [3.05, 3.63) is 95.7 Å². The fourth-order valence-electron chi connectivity index (χ4n) is 3.14. The van der Waals surface area contributed by atoms with Crippen LogP contribution in [0.15, 0.2) is 73.2 Å². The third kappa shape index (κ3) is 3.64. The zero-order valence-corrected chi connectivity index (χ0v) is 14.7. The van der Waals surface area contributed by atoms with E-state index in [4.69, 9.17) is 5.73 Å². The molecule has 27 heavy (non-hydrogen) atoms. The molecule has 0 atom stereocenters. The number of benzene rings is 2. The summed E-state index contributed by atoms with van der Waals surface area (Å²) in [7, 11) is 0. The number of nitrogens with zero attached hydrogens (tertiary/aromatic N) is 2. The van der Waals surface area contributed by atoms with Crippen LogP contribution in [0.3, 0.4) is 0 Å². The van der Waals surface area contributed by atoms with Gasteiger partial charge in [0.1, 0.15) is 11.6 Å². The summed E-state index contributed by atoms with van der Waals surface area (Å²) in [4.78, 5) is 8.66. The van der Waals surface area contributed by atoms with Crippen molar-refractivity contribution in [1.29, 1.82) is 0 Å². The molecule has 2 aromatic carbocycles. The number of nitrogens with two attached hydrogens (primary N) is 1. The normalized spacial score (nSPS) is 10.9. The van der Waals surface area contributed by atoms with Crippen molar-refractivity contribution >= 4 is 22.3 Å². The summed E-state index contributed by atoms with van der Waals surface area (Å²) in [6.07, 6.45) is 6.23. The van der Waals surface area contributed by atoms with E-state index in [0.717, 1.165) is 22.8 Å². The van der Waals surface area contributed by atoms with Gasteiger partial charge in [-0.05, 0) is 47.2 Å².